The van der Waals surface area contributed by atoms with Gasteiger partial charge in [-0.05, 0) is 38.0 Å². The minimum absolute atomic E-state index is 0.0847. The Morgan fingerprint density at radius 1 is 0.971 bits per heavy atom. The molecule has 0 aliphatic rings. The number of ether oxygens (including phenoxy) is 2. The Morgan fingerprint density at radius 3 is 2.40 bits per heavy atom. The molecule has 0 saturated carbocycles. The Bertz CT molecular complexity index is 1110. The van der Waals surface area contributed by atoms with Crippen molar-refractivity contribution in [2.75, 3.05) is 13.2 Å². The second-order valence-electron chi connectivity index (χ2n) is 8.55. The molecule has 3 rings (SSSR count). The molecule has 3 aromatic rings. The summed E-state index contributed by atoms with van der Waals surface area (Å²) < 4.78 is 16.4. The number of hydrogen-bond acceptors (Lipinski definition) is 8. The van der Waals surface area contributed by atoms with E-state index in [1.54, 1.807) is 12.1 Å². The van der Waals surface area contributed by atoms with Gasteiger partial charge in [-0.2, -0.15) is 0 Å². The highest BCUT2D eigenvalue weighted by molar-refractivity contribution is 5.87. The highest BCUT2D eigenvalue weighted by Gasteiger charge is 2.25. The number of furan rings is 1. The lowest BCUT2D eigenvalue weighted by Gasteiger charge is -2.23. The fourth-order valence-corrected chi connectivity index (χ4v) is 3.47. The van der Waals surface area contributed by atoms with E-state index in [9.17, 15) is 25.2 Å². The van der Waals surface area contributed by atoms with Crippen LogP contribution in [0.4, 0.5) is 0 Å². The summed E-state index contributed by atoms with van der Waals surface area (Å²) in [6.45, 7) is 4.89. The van der Waals surface area contributed by atoms with Gasteiger partial charge in [-0.1, -0.05) is 36.9 Å². The molecule has 4 atom stereocenters. The number of aliphatic hydroxyl groups excluding tert-OH is 4. The zero-order valence-electron chi connectivity index (χ0n) is 19.7. The number of esters is 1. The van der Waals surface area contributed by atoms with Gasteiger partial charge in [0.1, 0.15) is 29.8 Å². The summed E-state index contributed by atoms with van der Waals surface area (Å²) in [7, 11) is 0. The van der Waals surface area contributed by atoms with Crippen LogP contribution < -0.4 is 4.74 Å². The summed E-state index contributed by atoms with van der Waals surface area (Å²) in [5.74, 6) is 0.679. The first-order valence-electron chi connectivity index (χ1n) is 11.5. The topological polar surface area (TPSA) is 130 Å². The summed E-state index contributed by atoms with van der Waals surface area (Å²) in [6, 6.07) is 16.9. The first kappa shape index (κ1) is 26.4. The summed E-state index contributed by atoms with van der Waals surface area (Å²) in [4.78, 5) is 11.3. The third-order valence-corrected chi connectivity index (χ3v) is 5.57. The lowest BCUT2D eigenvalue weighted by molar-refractivity contribution is -0.139. The van der Waals surface area contributed by atoms with E-state index in [4.69, 9.17) is 13.9 Å². The first-order chi connectivity index (χ1) is 16.7. The van der Waals surface area contributed by atoms with Crippen LogP contribution in [0.1, 0.15) is 26.2 Å². The first-order valence-corrected chi connectivity index (χ1v) is 11.5. The number of benzene rings is 2. The fourth-order valence-electron chi connectivity index (χ4n) is 3.47. The van der Waals surface area contributed by atoms with Crippen LogP contribution in [0.5, 0.6) is 5.75 Å². The average molecular weight is 485 g/mol. The molecular formula is C27H32O8. The van der Waals surface area contributed by atoms with Gasteiger partial charge in [0.15, 0.2) is 0 Å². The molecule has 0 amide bonds. The highest BCUT2D eigenvalue weighted by atomic mass is 16.5. The van der Waals surface area contributed by atoms with Crippen molar-refractivity contribution in [3.8, 4) is 17.1 Å². The predicted molar refractivity (Wildman–Crippen MR) is 131 cm³/mol. The number of fused-ring (bicyclic) bond motifs is 1. The monoisotopic (exact) mass is 484 g/mol. The molecule has 0 aliphatic carbocycles. The molecule has 1 aromatic heterocycles. The van der Waals surface area contributed by atoms with Crippen LogP contribution in [0, 0.1) is 0 Å². The maximum Gasteiger partial charge on any atom is 0.333 e. The quantitative estimate of drug-likeness (QED) is 0.165. The van der Waals surface area contributed by atoms with E-state index in [0.29, 0.717) is 17.8 Å². The molecule has 35 heavy (non-hydrogen) atoms. The van der Waals surface area contributed by atoms with Gasteiger partial charge in [0, 0.05) is 29.0 Å². The molecule has 0 radical (unpaired) electrons. The largest absolute Gasteiger partial charge is 0.491 e. The maximum atomic E-state index is 11.3. The normalized spacial score (nSPS) is 14.8. The van der Waals surface area contributed by atoms with Crippen LogP contribution in [0.15, 0.2) is 71.2 Å². The summed E-state index contributed by atoms with van der Waals surface area (Å²) in [5.41, 5.74) is 1.87. The van der Waals surface area contributed by atoms with Crippen LogP contribution in [0.3, 0.4) is 0 Å². The van der Waals surface area contributed by atoms with Gasteiger partial charge < -0.3 is 34.3 Å². The van der Waals surface area contributed by atoms with E-state index < -0.39 is 30.4 Å². The number of hydrogen-bond donors (Lipinski definition) is 4. The van der Waals surface area contributed by atoms with Gasteiger partial charge in [-0.3, -0.25) is 0 Å². The van der Waals surface area contributed by atoms with E-state index in [2.05, 4.69) is 6.58 Å². The van der Waals surface area contributed by atoms with Crippen molar-refractivity contribution in [2.45, 2.75) is 50.6 Å². The minimum Gasteiger partial charge on any atom is -0.491 e. The molecule has 0 aliphatic heterocycles. The summed E-state index contributed by atoms with van der Waals surface area (Å²) in [6.07, 6.45) is -4.72. The third-order valence-electron chi connectivity index (χ3n) is 5.57. The van der Waals surface area contributed by atoms with E-state index in [1.807, 2.05) is 42.5 Å². The van der Waals surface area contributed by atoms with Crippen molar-refractivity contribution in [3.05, 3.63) is 66.7 Å². The molecule has 4 unspecified atom stereocenters. The van der Waals surface area contributed by atoms with E-state index in [-0.39, 0.29) is 31.6 Å². The smallest absolute Gasteiger partial charge is 0.333 e. The number of rotatable bonds is 13. The van der Waals surface area contributed by atoms with Crippen molar-refractivity contribution in [2.24, 2.45) is 0 Å². The second kappa shape index (κ2) is 12.5. The molecule has 0 spiro atoms. The summed E-state index contributed by atoms with van der Waals surface area (Å²) in [5, 5.41) is 41.6. The van der Waals surface area contributed by atoms with Crippen molar-refractivity contribution in [1.29, 1.82) is 0 Å². The summed E-state index contributed by atoms with van der Waals surface area (Å²) >= 11 is 0. The van der Waals surface area contributed by atoms with E-state index in [0.717, 1.165) is 16.7 Å². The van der Waals surface area contributed by atoms with Crippen LogP contribution in [0.25, 0.3) is 22.3 Å². The van der Waals surface area contributed by atoms with Crippen molar-refractivity contribution < 1.29 is 39.1 Å². The van der Waals surface area contributed by atoms with Gasteiger partial charge in [-0.25, -0.2) is 4.79 Å². The van der Waals surface area contributed by atoms with Crippen molar-refractivity contribution >= 4 is 16.9 Å². The minimum atomic E-state index is -1.31. The lowest BCUT2D eigenvalue weighted by atomic mass is 10.0. The highest BCUT2D eigenvalue weighted by Crippen LogP contribution is 2.30. The van der Waals surface area contributed by atoms with Gasteiger partial charge in [0.25, 0.3) is 0 Å². The Balaban J connectivity index is 1.44. The Kier molecular flexibility index (Phi) is 9.45. The Hall–Kier alpha value is -3.17. The molecule has 4 N–H and O–H groups in total. The SMILES string of the molecule is C=C(C)C(=O)OCCCC(O)C(O)CC(O)C(O)COc1ccc2cc(-c3ccccc3)oc2c1. The Labute approximate surface area is 204 Å². The van der Waals surface area contributed by atoms with Gasteiger partial charge >= 0.3 is 5.97 Å². The van der Waals surface area contributed by atoms with E-state index >= 15 is 0 Å². The fraction of sp³-hybridized carbons (Fsp3) is 0.370. The molecule has 188 valence electrons. The van der Waals surface area contributed by atoms with Crippen molar-refractivity contribution in [3.63, 3.8) is 0 Å². The van der Waals surface area contributed by atoms with Crippen LogP contribution in [0.2, 0.25) is 0 Å². The molecule has 8 heteroatoms. The number of carbonyl (C=O) groups excluding carboxylic acids is 1. The average Bonchev–Trinajstić information content (AvgIpc) is 3.28. The maximum absolute atomic E-state index is 11.3. The molecule has 0 saturated heterocycles. The van der Waals surface area contributed by atoms with Gasteiger partial charge in [0.05, 0.1) is 24.9 Å². The predicted octanol–water partition coefficient (Wildman–Crippen LogP) is 3.21. The van der Waals surface area contributed by atoms with Crippen LogP contribution in [-0.2, 0) is 9.53 Å². The van der Waals surface area contributed by atoms with Gasteiger partial charge in [-0.15, -0.1) is 0 Å². The molecule has 8 nitrogen and oxygen atoms in total. The van der Waals surface area contributed by atoms with Gasteiger partial charge in [0.2, 0.25) is 0 Å². The van der Waals surface area contributed by atoms with E-state index in [1.165, 1.54) is 6.92 Å². The molecule has 1 heterocycles. The van der Waals surface area contributed by atoms with Crippen LogP contribution in [-0.4, -0.2) is 64.0 Å². The Morgan fingerprint density at radius 2 is 1.69 bits per heavy atom. The third kappa shape index (κ3) is 7.66. The zero-order valence-corrected chi connectivity index (χ0v) is 19.7. The molecule has 0 bridgehead atoms. The number of aliphatic hydroxyl groups is 4. The number of carbonyl (C=O) groups is 1. The molecule has 2 aromatic carbocycles. The van der Waals surface area contributed by atoms with Crippen LogP contribution >= 0.6 is 0 Å². The second-order valence-corrected chi connectivity index (χ2v) is 8.55. The van der Waals surface area contributed by atoms with Crippen molar-refractivity contribution in [1.82, 2.24) is 0 Å². The molecular weight excluding hydrogens is 452 g/mol. The molecule has 0 fully saturated rings. The standard InChI is InChI=1S/C27H32O8/c1-17(2)27(32)33-12-6-9-21(28)22(29)15-23(30)24(31)16-34-20-11-10-19-13-25(35-26(19)14-20)18-7-4-3-5-8-18/h3-5,7-8,10-11,13-14,21-24,28-31H,1,6,9,12,15-16H2,2H3. The lowest BCUT2D eigenvalue weighted by Crippen LogP contribution is -2.38. The zero-order chi connectivity index (χ0) is 25.4.